The zero-order chi connectivity index (χ0) is 16.8. The molecule has 1 saturated heterocycles. The molecular formula is C19H28N2O2. The summed E-state index contributed by atoms with van der Waals surface area (Å²) in [6, 6.07) is 8.32. The van der Waals surface area contributed by atoms with E-state index in [1.807, 2.05) is 37.2 Å². The Labute approximate surface area is 139 Å². The van der Waals surface area contributed by atoms with Crippen molar-refractivity contribution in [3.8, 4) is 0 Å². The lowest BCUT2D eigenvalue weighted by atomic mass is 9.86. The van der Waals surface area contributed by atoms with E-state index in [2.05, 4.69) is 19.1 Å². The Morgan fingerprint density at radius 2 is 2.13 bits per heavy atom. The Morgan fingerprint density at radius 3 is 2.78 bits per heavy atom. The lowest BCUT2D eigenvalue weighted by Gasteiger charge is -2.35. The van der Waals surface area contributed by atoms with Gasteiger partial charge in [0.15, 0.2) is 0 Å². The number of rotatable bonds is 5. The number of aliphatic hydroxyl groups excluding tert-OH is 1. The number of β-amino-alcohol motifs (C(OH)–C–C–N with tert-alkyl or cyclic N) is 1. The molecule has 23 heavy (non-hydrogen) atoms. The molecule has 0 radical (unpaired) electrons. The molecule has 1 N–H and O–H groups in total. The molecule has 0 unspecified atom stereocenters. The van der Waals surface area contributed by atoms with Gasteiger partial charge < -0.3 is 14.9 Å². The summed E-state index contributed by atoms with van der Waals surface area (Å²) in [7, 11) is 3.94. The smallest absolute Gasteiger partial charge is 0.246 e. The number of hydrogen-bond donors (Lipinski definition) is 1. The van der Waals surface area contributed by atoms with E-state index in [9.17, 15) is 9.90 Å². The van der Waals surface area contributed by atoms with Crippen LogP contribution in [0, 0.1) is 12.8 Å². The van der Waals surface area contributed by atoms with Gasteiger partial charge in [-0.1, -0.05) is 30.3 Å². The number of carbonyl (C=O) groups is 1. The van der Waals surface area contributed by atoms with Crippen LogP contribution in [0.1, 0.15) is 17.5 Å². The van der Waals surface area contributed by atoms with Crippen LogP contribution in [0.25, 0.3) is 0 Å². The second-order valence-corrected chi connectivity index (χ2v) is 6.70. The van der Waals surface area contributed by atoms with Crippen molar-refractivity contribution in [2.24, 2.45) is 5.92 Å². The Hall–Kier alpha value is -1.65. The van der Waals surface area contributed by atoms with Gasteiger partial charge in [-0.15, -0.1) is 0 Å². The normalized spacial score (nSPS) is 22.0. The fourth-order valence-corrected chi connectivity index (χ4v) is 3.01. The van der Waals surface area contributed by atoms with Crippen LogP contribution in [-0.2, 0) is 11.2 Å². The van der Waals surface area contributed by atoms with Crippen molar-refractivity contribution in [3.63, 3.8) is 0 Å². The molecule has 1 amide bonds. The van der Waals surface area contributed by atoms with Gasteiger partial charge in [-0.25, -0.2) is 0 Å². The van der Waals surface area contributed by atoms with Crippen molar-refractivity contribution in [1.82, 2.24) is 9.80 Å². The first-order valence-electron chi connectivity index (χ1n) is 8.30. The van der Waals surface area contributed by atoms with Gasteiger partial charge in [-0.2, -0.15) is 0 Å². The van der Waals surface area contributed by atoms with E-state index in [1.54, 1.807) is 11.0 Å². The predicted octanol–water partition coefficient (Wildman–Crippen LogP) is 1.86. The number of nitrogens with zero attached hydrogens (tertiary/aromatic N) is 2. The van der Waals surface area contributed by atoms with E-state index >= 15 is 0 Å². The van der Waals surface area contributed by atoms with Crippen molar-refractivity contribution >= 4 is 5.91 Å². The highest BCUT2D eigenvalue weighted by molar-refractivity contribution is 5.87. The number of likely N-dealkylation sites (N-methyl/N-ethyl adjacent to an activating group) is 1. The van der Waals surface area contributed by atoms with Crippen molar-refractivity contribution < 1.29 is 9.90 Å². The summed E-state index contributed by atoms with van der Waals surface area (Å²) in [5.74, 6) is 0.228. The lowest BCUT2D eigenvalue weighted by molar-refractivity contribution is -0.130. The number of carbonyl (C=O) groups excluding carboxylic acids is 1. The third-order valence-corrected chi connectivity index (χ3v) is 4.51. The molecule has 0 spiro atoms. The van der Waals surface area contributed by atoms with Crippen LogP contribution in [0.3, 0.4) is 0 Å². The molecule has 1 aromatic rings. The molecule has 0 aliphatic carbocycles. The van der Waals surface area contributed by atoms with E-state index in [0.29, 0.717) is 6.54 Å². The molecule has 126 valence electrons. The second kappa shape index (κ2) is 8.27. The number of hydrogen-bond acceptors (Lipinski definition) is 3. The Balaban J connectivity index is 1.88. The summed E-state index contributed by atoms with van der Waals surface area (Å²) in [5, 5.41) is 10.4. The van der Waals surface area contributed by atoms with Crippen molar-refractivity contribution in [2.75, 3.05) is 33.7 Å². The number of aryl methyl sites for hydroxylation is 1. The van der Waals surface area contributed by atoms with Gasteiger partial charge in [0.1, 0.15) is 0 Å². The molecule has 1 heterocycles. The van der Waals surface area contributed by atoms with Crippen LogP contribution >= 0.6 is 0 Å². The van der Waals surface area contributed by atoms with Crippen LogP contribution in [0.15, 0.2) is 36.4 Å². The summed E-state index contributed by atoms with van der Waals surface area (Å²) in [6.45, 7) is 4.01. The van der Waals surface area contributed by atoms with Gasteiger partial charge in [0.25, 0.3) is 0 Å². The average Bonchev–Trinajstić information content (AvgIpc) is 2.50. The average molecular weight is 316 g/mol. The quantitative estimate of drug-likeness (QED) is 0.843. The van der Waals surface area contributed by atoms with Gasteiger partial charge in [-0.3, -0.25) is 4.79 Å². The monoisotopic (exact) mass is 316 g/mol. The molecule has 0 bridgehead atoms. The van der Waals surface area contributed by atoms with Gasteiger partial charge in [-0.05, 0) is 50.9 Å². The minimum absolute atomic E-state index is 0.000224. The van der Waals surface area contributed by atoms with Crippen LogP contribution in [0.2, 0.25) is 0 Å². The second-order valence-electron chi connectivity index (χ2n) is 6.70. The zero-order valence-electron chi connectivity index (χ0n) is 14.4. The summed E-state index contributed by atoms with van der Waals surface area (Å²) in [6.07, 6.45) is 4.77. The van der Waals surface area contributed by atoms with Crippen LogP contribution in [-0.4, -0.2) is 60.6 Å². The first kappa shape index (κ1) is 17.7. The summed E-state index contributed by atoms with van der Waals surface area (Å²) >= 11 is 0. The first-order valence-corrected chi connectivity index (χ1v) is 8.30. The third kappa shape index (κ3) is 5.19. The predicted molar refractivity (Wildman–Crippen MR) is 93.3 cm³/mol. The fraction of sp³-hybridized carbons (Fsp3) is 0.526. The maximum Gasteiger partial charge on any atom is 0.246 e. The molecule has 1 aromatic carbocycles. The lowest BCUT2D eigenvalue weighted by Crippen LogP contribution is -2.46. The van der Waals surface area contributed by atoms with Crippen LogP contribution in [0.4, 0.5) is 0 Å². The maximum atomic E-state index is 12.2. The molecule has 4 nitrogen and oxygen atoms in total. The molecule has 4 heteroatoms. The van der Waals surface area contributed by atoms with E-state index in [-0.39, 0.29) is 11.8 Å². The van der Waals surface area contributed by atoms with Crippen molar-refractivity contribution in [3.05, 3.63) is 47.5 Å². The molecular weight excluding hydrogens is 288 g/mol. The molecule has 1 aliphatic heterocycles. The Bertz CT molecular complexity index is 554. The number of amides is 1. The first-order chi connectivity index (χ1) is 11.0. The van der Waals surface area contributed by atoms with Crippen molar-refractivity contribution in [2.45, 2.75) is 25.9 Å². The van der Waals surface area contributed by atoms with Gasteiger partial charge in [0, 0.05) is 25.7 Å². The number of likely N-dealkylation sites (tertiary alicyclic amines) is 1. The Kier molecular flexibility index (Phi) is 6.37. The molecule has 1 fully saturated rings. The SMILES string of the molecule is Cc1ccccc1C[C@H]1CCN(C(=O)C=CCN(C)C)C[C@H]1O. The van der Waals surface area contributed by atoms with Crippen LogP contribution < -0.4 is 0 Å². The summed E-state index contributed by atoms with van der Waals surface area (Å²) < 4.78 is 0. The summed E-state index contributed by atoms with van der Waals surface area (Å²) in [5.41, 5.74) is 2.56. The minimum Gasteiger partial charge on any atom is -0.391 e. The van der Waals surface area contributed by atoms with E-state index in [0.717, 1.165) is 25.9 Å². The highest BCUT2D eigenvalue weighted by Crippen LogP contribution is 2.23. The zero-order valence-corrected chi connectivity index (χ0v) is 14.4. The molecule has 1 aliphatic rings. The number of piperidine rings is 1. The third-order valence-electron chi connectivity index (χ3n) is 4.51. The maximum absolute atomic E-state index is 12.2. The van der Waals surface area contributed by atoms with Crippen molar-refractivity contribution in [1.29, 1.82) is 0 Å². The molecule has 2 rings (SSSR count). The Morgan fingerprint density at radius 1 is 1.39 bits per heavy atom. The number of aliphatic hydroxyl groups is 1. The molecule has 2 atom stereocenters. The highest BCUT2D eigenvalue weighted by atomic mass is 16.3. The van der Waals surface area contributed by atoms with Crippen LogP contribution in [0.5, 0.6) is 0 Å². The largest absolute Gasteiger partial charge is 0.391 e. The standard InChI is InChI=1S/C19H28N2O2/c1-15-7-4-5-8-16(15)13-17-10-12-21(14-18(17)22)19(23)9-6-11-20(2)3/h4-9,17-18,22H,10-14H2,1-3H3/t17-,18-/m1/s1. The van der Waals surface area contributed by atoms with E-state index in [1.165, 1.54) is 11.1 Å². The number of benzene rings is 1. The minimum atomic E-state index is -0.449. The fourth-order valence-electron chi connectivity index (χ4n) is 3.01. The topological polar surface area (TPSA) is 43.8 Å². The molecule has 0 aromatic heterocycles. The summed E-state index contributed by atoms with van der Waals surface area (Å²) in [4.78, 5) is 15.9. The van der Waals surface area contributed by atoms with Gasteiger partial charge in [0.05, 0.1) is 6.10 Å². The van der Waals surface area contributed by atoms with Gasteiger partial charge >= 0.3 is 0 Å². The molecule has 0 saturated carbocycles. The van der Waals surface area contributed by atoms with E-state index < -0.39 is 6.10 Å². The van der Waals surface area contributed by atoms with Gasteiger partial charge in [0.2, 0.25) is 5.91 Å². The highest BCUT2D eigenvalue weighted by Gasteiger charge is 2.29. The van der Waals surface area contributed by atoms with E-state index in [4.69, 9.17) is 0 Å².